The van der Waals surface area contributed by atoms with E-state index in [2.05, 4.69) is 18.3 Å². The van der Waals surface area contributed by atoms with Crippen LogP contribution in [-0.4, -0.2) is 27.3 Å². The average Bonchev–Trinajstić information content (AvgIpc) is 1.96. The first-order valence-corrected chi connectivity index (χ1v) is 9.40. The monoisotopic (exact) mass is 224 g/mol. The lowest BCUT2D eigenvalue weighted by atomic mass is 11.9. The molecule has 0 unspecified atom stereocenters. The van der Waals surface area contributed by atoms with Crippen LogP contribution in [0.4, 0.5) is 0 Å². The SMILES string of the molecule is C[Si](C)OO[Si](=O)OO[Si](C)C. The Hall–Kier alpha value is -0.0294. The summed E-state index contributed by atoms with van der Waals surface area (Å²) in [5.74, 6) is 0. The molecule has 12 heavy (non-hydrogen) atoms. The van der Waals surface area contributed by atoms with Gasteiger partial charge in [0.15, 0.2) is 0 Å². The minimum atomic E-state index is -2.62. The molecule has 0 aliphatic rings. The zero-order chi connectivity index (χ0) is 9.56. The first-order chi connectivity index (χ1) is 5.52. The summed E-state index contributed by atoms with van der Waals surface area (Å²) in [5.41, 5.74) is 0. The first kappa shape index (κ1) is 12.0. The molecule has 0 aromatic heterocycles. The van der Waals surface area contributed by atoms with Gasteiger partial charge in [-0.05, 0) is 26.2 Å². The normalized spacial score (nSPS) is 10.5. The Labute approximate surface area is 76.8 Å². The highest BCUT2D eigenvalue weighted by Crippen LogP contribution is 1.90. The largest absolute Gasteiger partial charge is 0.833 e. The molecule has 0 aromatic carbocycles. The van der Waals surface area contributed by atoms with Crippen LogP contribution in [-0.2, 0) is 22.8 Å². The molecule has 8 heteroatoms. The fourth-order valence-electron chi connectivity index (χ4n) is 0.249. The predicted molar refractivity (Wildman–Crippen MR) is 45.7 cm³/mol. The molecule has 0 aliphatic heterocycles. The van der Waals surface area contributed by atoms with Crippen LogP contribution in [0.25, 0.3) is 0 Å². The van der Waals surface area contributed by atoms with Gasteiger partial charge in [0.2, 0.25) is 0 Å². The third-order valence-corrected chi connectivity index (χ3v) is 2.16. The highest BCUT2D eigenvalue weighted by Gasteiger charge is 2.17. The van der Waals surface area contributed by atoms with Gasteiger partial charge in [-0.2, -0.15) is 0 Å². The average molecular weight is 224 g/mol. The van der Waals surface area contributed by atoms with Gasteiger partial charge in [-0.3, -0.25) is 13.6 Å². The molecular weight excluding hydrogens is 212 g/mol. The molecule has 0 saturated carbocycles. The molecule has 0 fully saturated rings. The quantitative estimate of drug-likeness (QED) is 0.379. The van der Waals surface area contributed by atoms with Gasteiger partial charge in [0, 0.05) is 0 Å². The van der Waals surface area contributed by atoms with Gasteiger partial charge in [-0.25, -0.2) is 0 Å². The molecule has 5 nitrogen and oxygen atoms in total. The van der Waals surface area contributed by atoms with Crippen LogP contribution in [0.3, 0.4) is 0 Å². The highest BCUT2D eigenvalue weighted by molar-refractivity contribution is 6.49. The van der Waals surface area contributed by atoms with Crippen molar-refractivity contribution < 1.29 is 22.8 Å². The van der Waals surface area contributed by atoms with Crippen LogP contribution >= 0.6 is 0 Å². The van der Waals surface area contributed by atoms with Crippen LogP contribution in [0.1, 0.15) is 0 Å². The van der Waals surface area contributed by atoms with Crippen molar-refractivity contribution >= 4 is 27.3 Å². The molecule has 70 valence electrons. The number of hydrogen-bond acceptors (Lipinski definition) is 5. The van der Waals surface area contributed by atoms with Crippen LogP contribution in [0.2, 0.25) is 26.2 Å². The standard InChI is InChI=1S/C4H12O5Si3/c1-10(2)6-8-12(5)9-7-11(3)4/h1-4H3. The van der Waals surface area contributed by atoms with Crippen LogP contribution in [0.15, 0.2) is 0 Å². The summed E-state index contributed by atoms with van der Waals surface area (Å²) in [6.45, 7) is 7.43. The van der Waals surface area contributed by atoms with Crippen molar-refractivity contribution in [1.29, 1.82) is 0 Å². The molecule has 0 spiro atoms. The third kappa shape index (κ3) is 8.07. The van der Waals surface area contributed by atoms with E-state index in [0.717, 1.165) is 0 Å². The van der Waals surface area contributed by atoms with Crippen molar-refractivity contribution in [2.24, 2.45) is 0 Å². The van der Waals surface area contributed by atoms with Gasteiger partial charge < -0.3 is 9.15 Å². The maximum atomic E-state index is 10.8. The zero-order valence-corrected chi connectivity index (χ0v) is 10.5. The van der Waals surface area contributed by atoms with E-state index < -0.39 is 27.3 Å². The molecular formula is C4H12O5Si3. The van der Waals surface area contributed by atoms with Gasteiger partial charge in [0.05, 0.1) is 0 Å². The van der Waals surface area contributed by atoms with E-state index in [1.165, 1.54) is 0 Å². The first-order valence-electron chi connectivity index (χ1n) is 3.35. The van der Waals surface area contributed by atoms with Crippen LogP contribution in [0.5, 0.6) is 0 Å². The maximum absolute atomic E-state index is 10.8. The molecule has 0 heterocycles. The fraction of sp³-hybridized carbons (Fsp3) is 1.00. The molecule has 0 bridgehead atoms. The summed E-state index contributed by atoms with van der Waals surface area (Å²) < 4.78 is 29.0. The lowest BCUT2D eigenvalue weighted by molar-refractivity contribution is -0.199. The Morgan fingerprint density at radius 3 is 1.33 bits per heavy atom. The van der Waals surface area contributed by atoms with Crippen molar-refractivity contribution in [1.82, 2.24) is 0 Å². The van der Waals surface area contributed by atoms with Crippen molar-refractivity contribution in [2.45, 2.75) is 26.2 Å². The maximum Gasteiger partial charge on any atom is 0.833 e. The molecule has 2 radical (unpaired) electrons. The van der Waals surface area contributed by atoms with Crippen molar-refractivity contribution in [3.63, 3.8) is 0 Å². The second-order valence-corrected chi connectivity index (χ2v) is 7.20. The van der Waals surface area contributed by atoms with E-state index >= 15 is 0 Å². The Morgan fingerprint density at radius 1 is 0.750 bits per heavy atom. The smallest absolute Gasteiger partial charge is 0.339 e. The topological polar surface area (TPSA) is 54.0 Å². The van der Waals surface area contributed by atoms with Gasteiger partial charge in [0.1, 0.15) is 0 Å². The summed E-state index contributed by atoms with van der Waals surface area (Å²) in [4.78, 5) is 0. The fourth-order valence-corrected chi connectivity index (χ4v) is 2.15. The van der Waals surface area contributed by atoms with Gasteiger partial charge >= 0.3 is 9.17 Å². The lowest BCUT2D eigenvalue weighted by Crippen LogP contribution is -2.21. The third-order valence-electron chi connectivity index (χ3n) is 0.553. The second kappa shape index (κ2) is 6.48. The van der Waals surface area contributed by atoms with Gasteiger partial charge in [-0.1, -0.05) is 0 Å². The number of rotatable bonds is 6. The number of hydrogen-bond donors (Lipinski definition) is 0. The Morgan fingerprint density at radius 2 is 1.08 bits per heavy atom. The summed E-state index contributed by atoms with van der Waals surface area (Å²) in [6, 6.07) is 0. The van der Waals surface area contributed by atoms with Crippen molar-refractivity contribution in [3.8, 4) is 0 Å². The van der Waals surface area contributed by atoms with E-state index in [1.54, 1.807) is 0 Å². The van der Waals surface area contributed by atoms with Gasteiger partial charge in [0.25, 0.3) is 18.1 Å². The van der Waals surface area contributed by atoms with E-state index in [-0.39, 0.29) is 0 Å². The van der Waals surface area contributed by atoms with E-state index in [9.17, 15) is 4.46 Å². The lowest BCUT2D eigenvalue weighted by Gasteiger charge is -2.05. The summed E-state index contributed by atoms with van der Waals surface area (Å²) in [7, 11) is -4.61. The molecule has 0 rings (SSSR count). The zero-order valence-electron chi connectivity index (χ0n) is 7.54. The minimum absolute atomic E-state index is 0.992. The highest BCUT2D eigenvalue weighted by atomic mass is 28.3. The molecule has 0 saturated heterocycles. The molecule has 0 N–H and O–H groups in total. The molecule has 0 aromatic rings. The molecule has 0 atom stereocenters. The summed E-state index contributed by atoms with van der Waals surface area (Å²) in [6.07, 6.45) is 0. The van der Waals surface area contributed by atoms with Crippen LogP contribution in [0, 0.1) is 0 Å². The molecule has 0 aliphatic carbocycles. The van der Waals surface area contributed by atoms with E-state index in [4.69, 9.17) is 0 Å². The summed E-state index contributed by atoms with van der Waals surface area (Å²) in [5, 5.41) is 0. The van der Waals surface area contributed by atoms with Crippen LogP contribution < -0.4 is 0 Å². The molecule has 0 amide bonds. The minimum Gasteiger partial charge on any atom is -0.339 e. The van der Waals surface area contributed by atoms with Crippen molar-refractivity contribution in [3.05, 3.63) is 0 Å². The van der Waals surface area contributed by atoms with Crippen molar-refractivity contribution in [2.75, 3.05) is 0 Å². The van der Waals surface area contributed by atoms with E-state index in [1.807, 2.05) is 26.2 Å². The van der Waals surface area contributed by atoms with E-state index in [0.29, 0.717) is 0 Å². The van der Waals surface area contributed by atoms with Gasteiger partial charge in [-0.15, -0.1) is 0 Å². The Balaban J connectivity index is 3.34. The predicted octanol–water partition coefficient (Wildman–Crippen LogP) is 0.800. The Kier molecular flexibility index (Phi) is 6.47. The second-order valence-electron chi connectivity index (χ2n) is 2.40. The Bertz CT molecular complexity index is 125. The summed E-state index contributed by atoms with van der Waals surface area (Å²) >= 11 is 0.